The Bertz CT molecular complexity index is 811. The van der Waals surface area contributed by atoms with Crippen molar-refractivity contribution in [3.63, 3.8) is 0 Å². The predicted octanol–water partition coefficient (Wildman–Crippen LogP) is 0.631. The molecule has 1 rings (SSSR count). The van der Waals surface area contributed by atoms with Crippen molar-refractivity contribution in [1.82, 2.24) is 20.4 Å². The summed E-state index contributed by atoms with van der Waals surface area (Å²) in [4.78, 5) is 77.8. The molecule has 0 aromatic heterocycles. The summed E-state index contributed by atoms with van der Waals surface area (Å²) >= 11 is 0. The minimum absolute atomic E-state index is 0.0900. The van der Waals surface area contributed by atoms with Crippen LogP contribution in [0.4, 0.5) is 4.79 Å². The standard InChI is InChI=1S/C23H36N4O7/c1-7-10-16(19(29)21(31)24-11-8-2)25-20(30)17-12-26(13-18(28)34-9-3)23(33)27(17)22(32)15(6)14(4)5/h8,14-17H,2,7,9-13H2,1,3-6H3,(H,24,31)(H,25,30). The van der Waals surface area contributed by atoms with Crippen molar-refractivity contribution < 1.29 is 33.5 Å². The summed E-state index contributed by atoms with van der Waals surface area (Å²) in [5.41, 5.74) is 0. The van der Waals surface area contributed by atoms with Crippen molar-refractivity contribution in [3.8, 4) is 0 Å². The van der Waals surface area contributed by atoms with Crippen molar-refractivity contribution >= 4 is 35.5 Å². The Kier molecular flexibility index (Phi) is 11.4. The third-order valence-corrected chi connectivity index (χ3v) is 5.58. The van der Waals surface area contributed by atoms with Crippen LogP contribution in [0.1, 0.15) is 47.5 Å². The van der Waals surface area contributed by atoms with Crippen LogP contribution in [0.3, 0.4) is 0 Å². The SMILES string of the molecule is C=CCNC(=O)C(=O)C(CCC)NC(=O)C1CN(CC(=O)OCC)C(=O)N1C(=O)C(C)C(C)C. The number of esters is 1. The zero-order chi connectivity index (χ0) is 26.0. The number of ether oxygens (including phenoxy) is 1. The molecule has 1 saturated heterocycles. The van der Waals surface area contributed by atoms with E-state index in [1.807, 2.05) is 13.8 Å². The van der Waals surface area contributed by atoms with E-state index >= 15 is 0 Å². The first-order valence-electron chi connectivity index (χ1n) is 11.5. The zero-order valence-corrected chi connectivity index (χ0v) is 20.6. The quantitative estimate of drug-likeness (QED) is 0.224. The van der Waals surface area contributed by atoms with Gasteiger partial charge in [0.2, 0.25) is 17.6 Å². The lowest BCUT2D eigenvalue weighted by molar-refractivity contribution is -0.143. The molecule has 1 fully saturated rings. The smallest absolute Gasteiger partial charge is 0.328 e. The highest BCUT2D eigenvalue weighted by Gasteiger charge is 2.47. The number of urea groups is 1. The van der Waals surface area contributed by atoms with Crippen LogP contribution in [0.2, 0.25) is 0 Å². The van der Waals surface area contributed by atoms with Crippen molar-refractivity contribution in [2.75, 3.05) is 26.2 Å². The minimum Gasteiger partial charge on any atom is -0.465 e. The number of amides is 5. The third-order valence-electron chi connectivity index (χ3n) is 5.58. The van der Waals surface area contributed by atoms with Crippen LogP contribution in [0.15, 0.2) is 12.7 Å². The second kappa shape index (κ2) is 13.5. The fourth-order valence-electron chi connectivity index (χ4n) is 3.34. The first kappa shape index (κ1) is 28.8. The monoisotopic (exact) mass is 480 g/mol. The van der Waals surface area contributed by atoms with Crippen LogP contribution >= 0.6 is 0 Å². The fourth-order valence-corrected chi connectivity index (χ4v) is 3.34. The number of hydrogen-bond acceptors (Lipinski definition) is 7. The molecule has 11 heteroatoms. The van der Waals surface area contributed by atoms with E-state index in [2.05, 4.69) is 17.2 Å². The second-order valence-corrected chi connectivity index (χ2v) is 8.44. The predicted molar refractivity (Wildman–Crippen MR) is 123 cm³/mol. The van der Waals surface area contributed by atoms with Gasteiger partial charge >= 0.3 is 12.0 Å². The molecule has 1 aliphatic rings. The molecule has 0 bridgehead atoms. The molecule has 190 valence electrons. The highest BCUT2D eigenvalue weighted by atomic mass is 16.5. The van der Waals surface area contributed by atoms with E-state index in [4.69, 9.17) is 4.74 Å². The lowest BCUT2D eigenvalue weighted by Crippen LogP contribution is -2.55. The molecule has 0 spiro atoms. The number of nitrogens with one attached hydrogen (secondary N) is 2. The number of hydrogen-bond donors (Lipinski definition) is 2. The third kappa shape index (κ3) is 7.39. The summed E-state index contributed by atoms with van der Waals surface area (Å²) in [5.74, 6) is -4.37. The highest BCUT2D eigenvalue weighted by molar-refractivity contribution is 6.38. The highest BCUT2D eigenvalue weighted by Crippen LogP contribution is 2.23. The summed E-state index contributed by atoms with van der Waals surface area (Å²) in [6.45, 7) is 11.7. The normalized spacial score (nSPS) is 17.2. The Hall–Kier alpha value is -3.24. The van der Waals surface area contributed by atoms with Crippen LogP contribution in [-0.4, -0.2) is 83.6 Å². The van der Waals surface area contributed by atoms with Gasteiger partial charge in [0.15, 0.2) is 0 Å². The molecule has 3 atom stereocenters. The molecule has 3 unspecified atom stereocenters. The Morgan fingerprint density at radius 2 is 1.82 bits per heavy atom. The van der Waals surface area contributed by atoms with Crippen LogP contribution in [-0.2, 0) is 28.7 Å². The van der Waals surface area contributed by atoms with E-state index in [9.17, 15) is 28.8 Å². The molecule has 11 nitrogen and oxygen atoms in total. The molecule has 0 aromatic carbocycles. The number of nitrogens with zero attached hydrogens (tertiary/aromatic N) is 2. The number of carbonyl (C=O) groups excluding carboxylic acids is 6. The zero-order valence-electron chi connectivity index (χ0n) is 20.6. The van der Waals surface area contributed by atoms with Crippen LogP contribution < -0.4 is 10.6 Å². The van der Waals surface area contributed by atoms with E-state index in [1.165, 1.54) is 6.08 Å². The summed E-state index contributed by atoms with van der Waals surface area (Å²) in [7, 11) is 0. The van der Waals surface area contributed by atoms with Gasteiger partial charge in [-0.1, -0.05) is 40.2 Å². The maximum absolute atomic E-state index is 13.2. The summed E-state index contributed by atoms with van der Waals surface area (Å²) in [5, 5.41) is 4.91. The number of imide groups is 1. The molecule has 0 aliphatic carbocycles. The summed E-state index contributed by atoms with van der Waals surface area (Å²) in [6.07, 6.45) is 2.10. The molecule has 1 heterocycles. The summed E-state index contributed by atoms with van der Waals surface area (Å²) < 4.78 is 4.88. The lowest BCUT2D eigenvalue weighted by Gasteiger charge is -2.26. The van der Waals surface area contributed by atoms with Gasteiger partial charge in [-0.25, -0.2) is 9.69 Å². The Morgan fingerprint density at radius 3 is 2.35 bits per heavy atom. The van der Waals surface area contributed by atoms with Crippen LogP contribution in [0.5, 0.6) is 0 Å². The van der Waals surface area contributed by atoms with Crippen molar-refractivity contribution in [2.24, 2.45) is 11.8 Å². The molecule has 5 amide bonds. The van der Waals surface area contributed by atoms with Crippen molar-refractivity contribution in [2.45, 2.75) is 59.5 Å². The molecule has 2 N–H and O–H groups in total. The van der Waals surface area contributed by atoms with Gasteiger partial charge in [-0.3, -0.25) is 24.0 Å². The van der Waals surface area contributed by atoms with Gasteiger partial charge in [0, 0.05) is 12.5 Å². The van der Waals surface area contributed by atoms with E-state index < -0.39 is 60.1 Å². The van der Waals surface area contributed by atoms with E-state index in [0.717, 1.165) is 9.80 Å². The first-order chi connectivity index (χ1) is 16.0. The maximum atomic E-state index is 13.2. The summed E-state index contributed by atoms with van der Waals surface area (Å²) in [6, 6.07) is -3.18. The molecule has 1 aliphatic heterocycles. The minimum atomic E-state index is -1.26. The topological polar surface area (TPSA) is 142 Å². The molecule has 0 aromatic rings. The van der Waals surface area contributed by atoms with Crippen LogP contribution in [0.25, 0.3) is 0 Å². The fraction of sp³-hybridized carbons (Fsp3) is 0.652. The van der Waals surface area contributed by atoms with Crippen molar-refractivity contribution in [3.05, 3.63) is 12.7 Å². The Balaban J connectivity index is 3.16. The average Bonchev–Trinajstić information content (AvgIpc) is 3.11. The van der Waals surface area contributed by atoms with Gasteiger partial charge in [-0.15, -0.1) is 6.58 Å². The molecular weight excluding hydrogens is 444 g/mol. The van der Waals surface area contributed by atoms with Gasteiger partial charge in [0.25, 0.3) is 5.91 Å². The lowest BCUT2D eigenvalue weighted by atomic mass is 9.96. The van der Waals surface area contributed by atoms with Gasteiger partial charge in [0.05, 0.1) is 19.2 Å². The molecule has 0 radical (unpaired) electrons. The van der Waals surface area contributed by atoms with Gasteiger partial charge in [-0.05, 0) is 19.3 Å². The maximum Gasteiger partial charge on any atom is 0.328 e. The van der Waals surface area contributed by atoms with E-state index in [0.29, 0.717) is 6.42 Å². The second-order valence-electron chi connectivity index (χ2n) is 8.44. The number of carbonyl (C=O) groups is 6. The molecule has 0 saturated carbocycles. The van der Waals surface area contributed by atoms with Gasteiger partial charge in [-0.2, -0.15) is 0 Å². The number of ketones is 1. The number of rotatable bonds is 13. The van der Waals surface area contributed by atoms with E-state index in [-0.39, 0.29) is 32.0 Å². The number of Topliss-reactive ketones (excluding diaryl/α,β-unsaturated/α-hetero) is 1. The Morgan fingerprint density at radius 1 is 1.18 bits per heavy atom. The Labute approximate surface area is 200 Å². The molecular formula is C23H36N4O7. The first-order valence-corrected chi connectivity index (χ1v) is 11.5. The molecule has 34 heavy (non-hydrogen) atoms. The van der Waals surface area contributed by atoms with Gasteiger partial charge in [0.1, 0.15) is 12.6 Å². The van der Waals surface area contributed by atoms with Gasteiger partial charge < -0.3 is 20.3 Å². The van der Waals surface area contributed by atoms with Crippen LogP contribution in [0, 0.1) is 11.8 Å². The van der Waals surface area contributed by atoms with E-state index in [1.54, 1.807) is 20.8 Å². The largest absolute Gasteiger partial charge is 0.465 e. The average molecular weight is 481 g/mol. The van der Waals surface area contributed by atoms with Crippen molar-refractivity contribution in [1.29, 1.82) is 0 Å².